The van der Waals surface area contributed by atoms with Gasteiger partial charge in [-0.25, -0.2) is 0 Å². The van der Waals surface area contributed by atoms with E-state index in [4.69, 9.17) is 0 Å². The van der Waals surface area contributed by atoms with E-state index in [1.54, 1.807) is 0 Å². The van der Waals surface area contributed by atoms with Crippen molar-refractivity contribution in [1.82, 2.24) is 10.6 Å². The molecule has 0 saturated heterocycles. The van der Waals surface area contributed by atoms with E-state index in [0.29, 0.717) is 5.92 Å². The van der Waals surface area contributed by atoms with Crippen molar-refractivity contribution < 1.29 is 0 Å². The third-order valence-corrected chi connectivity index (χ3v) is 4.19. The van der Waals surface area contributed by atoms with Crippen LogP contribution in [0, 0.1) is 5.92 Å². The summed E-state index contributed by atoms with van der Waals surface area (Å²) in [6, 6.07) is 10.3. The maximum atomic E-state index is 4.05. The number of allylic oxidation sites excluding steroid dienone is 8. The zero-order valence-corrected chi connectivity index (χ0v) is 14.5. The molecule has 2 nitrogen and oxygen atoms in total. The van der Waals surface area contributed by atoms with Gasteiger partial charge in [-0.15, -0.1) is 0 Å². The molecule has 0 spiro atoms. The molecular weight excluding hydrogens is 292 g/mol. The smallest absolute Gasteiger partial charge is 0.0491 e. The zero-order chi connectivity index (χ0) is 17.4. The van der Waals surface area contributed by atoms with Crippen molar-refractivity contribution in [2.24, 2.45) is 5.92 Å². The van der Waals surface area contributed by atoms with Crippen LogP contribution in [-0.4, -0.2) is 14.1 Å². The lowest BCUT2D eigenvalue weighted by Crippen LogP contribution is -2.19. The number of hydrogen-bond acceptors (Lipinski definition) is 2. The first-order chi connectivity index (χ1) is 11.8. The molecule has 2 N–H and O–H groups in total. The Morgan fingerprint density at radius 2 is 1.71 bits per heavy atom. The first-order valence-electron chi connectivity index (χ1n) is 8.24. The molecule has 1 aromatic rings. The number of nitrogens with one attached hydrogen (secondary N) is 2. The fourth-order valence-corrected chi connectivity index (χ4v) is 3.07. The molecule has 2 rings (SSSR count). The highest BCUT2D eigenvalue weighted by Gasteiger charge is 2.18. The van der Waals surface area contributed by atoms with E-state index in [1.807, 2.05) is 44.4 Å². The Morgan fingerprint density at radius 3 is 2.21 bits per heavy atom. The number of hydrogen-bond donors (Lipinski definition) is 2. The topological polar surface area (TPSA) is 24.1 Å². The summed E-state index contributed by atoms with van der Waals surface area (Å²) >= 11 is 0. The molecule has 0 amide bonds. The zero-order valence-electron chi connectivity index (χ0n) is 14.5. The van der Waals surface area contributed by atoms with Gasteiger partial charge in [0.15, 0.2) is 0 Å². The number of rotatable bonds is 7. The molecule has 0 aliphatic heterocycles. The minimum Gasteiger partial charge on any atom is -0.390 e. The molecule has 1 atom stereocenters. The normalized spacial score (nSPS) is 18.3. The first-order valence-corrected chi connectivity index (χ1v) is 8.24. The van der Waals surface area contributed by atoms with Crippen molar-refractivity contribution in [2.75, 3.05) is 14.1 Å². The van der Waals surface area contributed by atoms with Gasteiger partial charge in [-0.05, 0) is 12.0 Å². The van der Waals surface area contributed by atoms with E-state index in [2.05, 4.69) is 60.2 Å². The molecule has 1 aromatic carbocycles. The van der Waals surface area contributed by atoms with Gasteiger partial charge in [0.25, 0.3) is 0 Å². The third kappa shape index (κ3) is 3.77. The van der Waals surface area contributed by atoms with Crippen molar-refractivity contribution in [3.8, 4) is 0 Å². The monoisotopic (exact) mass is 318 g/mol. The first kappa shape index (κ1) is 17.6. The molecular formula is C22H26N2. The Balaban J connectivity index is 2.63. The van der Waals surface area contributed by atoms with Crippen molar-refractivity contribution >= 4 is 5.70 Å². The van der Waals surface area contributed by atoms with Crippen LogP contribution in [0.4, 0.5) is 0 Å². The molecule has 2 heteroatoms. The van der Waals surface area contributed by atoms with Gasteiger partial charge >= 0.3 is 0 Å². The summed E-state index contributed by atoms with van der Waals surface area (Å²) in [5, 5.41) is 6.71. The van der Waals surface area contributed by atoms with Gasteiger partial charge in [-0.3, -0.25) is 0 Å². The molecule has 1 unspecified atom stereocenters. The van der Waals surface area contributed by atoms with Crippen molar-refractivity contribution in [3.05, 3.63) is 102 Å². The quantitative estimate of drug-likeness (QED) is 0.718. The van der Waals surface area contributed by atoms with E-state index >= 15 is 0 Å². The predicted octanol–water partition coefficient (Wildman–Crippen LogP) is 4.59. The Kier molecular flexibility index (Phi) is 6.44. The van der Waals surface area contributed by atoms with Crippen LogP contribution in [-0.2, 0) is 0 Å². The summed E-state index contributed by atoms with van der Waals surface area (Å²) in [5.41, 5.74) is 5.45. The second-order valence-corrected chi connectivity index (χ2v) is 5.55. The molecule has 0 radical (unpaired) electrons. The Morgan fingerprint density at radius 1 is 1.00 bits per heavy atom. The average molecular weight is 318 g/mol. The third-order valence-electron chi connectivity index (χ3n) is 4.19. The van der Waals surface area contributed by atoms with Gasteiger partial charge < -0.3 is 10.6 Å². The Bertz CT molecular complexity index is 703. The van der Waals surface area contributed by atoms with E-state index in [1.165, 1.54) is 0 Å². The SMILES string of the molecule is C=CC(/C(C=C)=C(\NC)C1C=CC=CC1)=C(/NC)c1ccccc1. The van der Waals surface area contributed by atoms with Crippen LogP contribution in [0.2, 0.25) is 0 Å². The maximum Gasteiger partial charge on any atom is 0.0491 e. The molecule has 1 aliphatic carbocycles. The summed E-state index contributed by atoms with van der Waals surface area (Å²) in [6.45, 7) is 8.10. The van der Waals surface area contributed by atoms with E-state index in [0.717, 1.165) is 34.5 Å². The summed E-state index contributed by atoms with van der Waals surface area (Å²) < 4.78 is 0. The minimum absolute atomic E-state index is 0.317. The highest BCUT2D eigenvalue weighted by molar-refractivity contribution is 5.75. The average Bonchev–Trinajstić information content (AvgIpc) is 2.66. The van der Waals surface area contributed by atoms with Crippen molar-refractivity contribution in [3.63, 3.8) is 0 Å². The molecule has 1 aliphatic rings. The van der Waals surface area contributed by atoms with E-state index < -0.39 is 0 Å². The van der Waals surface area contributed by atoms with Crippen LogP contribution in [0.1, 0.15) is 12.0 Å². The molecule has 124 valence electrons. The largest absolute Gasteiger partial charge is 0.390 e. The summed E-state index contributed by atoms with van der Waals surface area (Å²) in [6.07, 6.45) is 13.4. The fourth-order valence-electron chi connectivity index (χ4n) is 3.07. The second kappa shape index (κ2) is 8.78. The lowest BCUT2D eigenvalue weighted by Gasteiger charge is -2.23. The van der Waals surface area contributed by atoms with Gasteiger partial charge in [-0.2, -0.15) is 0 Å². The standard InChI is InChI=1S/C22H26N2/c1-5-19(21(23-3)17-13-9-7-10-14-17)20(6-2)22(24-4)18-15-11-8-12-16-18/h5-15,18,23-24H,1-2,16H2,3-4H3/b21-19-,22-20-. The maximum absolute atomic E-state index is 4.05. The fraction of sp³-hybridized carbons (Fsp3) is 0.182. The van der Waals surface area contributed by atoms with Crippen LogP contribution >= 0.6 is 0 Å². The highest BCUT2D eigenvalue weighted by atomic mass is 14.9. The van der Waals surface area contributed by atoms with Crippen LogP contribution < -0.4 is 10.6 Å². The Labute approximate surface area is 145 Å². The van der Waals surface area contributed by atoms with Crippen molar-refractivity contribution in [2.45, 2.75) is 6.42 Å². The Hall–Kier alpha value is -2.74. The highest BCUT2D eigenvalue weighted by Crippen LogP contribution is 2.30. The molecule has 24 heavy (non-hydrogen) atoms. The van der Waals surface area contributed by atoms with E-state index in [-0.39, 0.29) is 0 Å². The summed E-state index contributed by atoms with van der Waals surface area (Å²) in [7, 11) is 3.90. The van der Waals surface area contributed by atoms with Gasteiger partial charge in [0.05, 0.1) is 0 Å². The number of benzene rings is 1. The summed E-state index contributed by atoms with van der Waals surface area (Å²) in [4.78, 5) is 0. The predicted molar refractivity (Wildman–Crippen MR) is 105 cm³/mol. The molecule has 0 fully saturated rings. The molecule has 0 aromatic heterocycles. The second-order valence-electron chi connectivity index (χ2n) is 5.55. The van der Waals surface area contributed by atoms with E-state index in [9.17, 15) is 0 Å². The van der Waals surface area contributed by atoms with Gasteiger partial charge in [0.1, 0.15) is 0 Å². The van der Waals surface area contributed by atoms with Crippen LogP contribution in [0.5, 0.6) is 0 Å². The van der Waals surface area contributed by atoms with Crippen LogP contribution in [0.25, 0.3) is 5.70 Å². The van der Waals surface area contributed by atoms with Crippen LogP contribution in [0.15, 0.2) is 96.8 Å². The van der Waals surface area contributed by atoms with Gasteiger partial charge in [0, 0.05) is 42.6 Å². The molecule has 0 saturated carbocycles. The minimum atomic E-state index is 0.317. The van der Waals surface area contributed by atoms with Crippen molar-refractivity contribution in [1.29, 1.82) is 0 Å². The van der Waals surface area contributed by atoms with Gasteiger partial charge in [-0.1, -0.05) is 79.9 Å². The van der Waals surface area contributed by atoms with Crippen LogP contribution in [0.3, 0.4) is 0 Å². The molecule has 0 bridgehead atoms. The lowest BCUT2D eigenvalue weighted by atomic mass is 9.89. The van der Waals surface area contributed by atoms with Gasteiger partial charge in [0.2, 0.25) is 0 Å². The lowest BCUT2D eigenvalue weighted by molar-refractivity contribution is 0.695. The summed E-state index contributed by atoms with van der Waals surface area (Å²) in [5.74, 6) is 0.317. The molecule has 0 heterocycles.